The van der Waals surface area contributed by atoms with Gasteiger partial charge >= 0.3 is 5.69 Å². The van der Waals surface area contributed by atoms with Gasteiger partial charge in [-0.25, -0.2) is 4.79 Å². The summed E-state index contributed by atoms with van der Waals surface area (Å²) < 4.78 is 6.64. The first kappa shape index (κ1) is 30.8. The monoisotopic (exact) mass is 580 g/mol. The molecule has 0 saturated carbocycles. The van der Waals surface area contributed by atoms with Crippen molar-refractivity contribution in [2.24, 2.45) is 0 Å². The van der Waals surface area contributed by atoms with Crippen molar-refractivity contribution in [3.8, 4) is 11.4 Å². The predicted molar refractivity (Wildman–Crippen MR) is 152 cm³/mol. The van der Waals surface area contributed by atoms with Gasteiger partial charge in [0.2, 0.25) is 11.8 Å². The van der Waals surface area contributed by atoms with Gasteiger partial charge in [-0.1, -0.05) is 0 Å². The lowest BCUT2D eigenvalue weighted by Gasteiger charge is -2.15. The Hall–Kier alpha value is -4.20. The number of hydrogen-bond donors (Lipinski definition) is 5. The van der Waals surface area contributed by atoms with Gasteiger partial charge in [0.1, 0.15) is 12.3 Å². The average Bonchev–Trinajstić information content (AvgIpc) is 3.35. The number of aliphatic hydroxyl groups is 2. The number of ether oxygens (including phenoxy) is 1. The Kier molecular flexibility index (Phi) is 10.7. The smallest absolute Gasteiger partial charge is 0.330 e. The molecule has 42 heavy (non-hydrogen) atoms. The van der Waals surface area contributed by atoms with Gasteiger partial charge in [-0.3, -0.25) is 33.9 Å². The van der Waals surface area contributed by atoms with Crippen molar-refractivity contribution in [3.05, 3.63) is 80.4 Å². The van der Waals surface area contributed by atoms with Crippen LogP contribution in [-0.2, 0) is 27.2 Å². The zero-order valence-corrected chi connectivity index (χ0v) is 23.4. The van der Waals surface area contributed by atoms with E-state index in [9.17, 15) is 29.4 Å². The molecule has 4 rings (SSSR count). The first-order chi connectivity index (χ1) is 20.2. The number of pyridine rings is 2. The van der Waals surface area contributed by atoms with Gasteiger partial charge in [-0.15, -0.1) is 0 Å². The third-order valence-electron chi connectivity index (χ3n) is 7.00. The van der Waals surface area contributed by atoms with E-state index in [2.05, 4.69) is 25.6 Å². The van der Waals surface area contributed by atoms with Crippen molar-refractivity contribution in [2.45, 2.75) is 63.9 Å². The molecular formula is C29H36N6O7. The van der Waals surface area contributed by atoms with Crippen LogP contribution in [0, 0.1) is 6.92 Å². The van der Waals surface area contributed by atoms with Crippen LogP contribution in [0.1, 0.15) is 48.6 Å². The molecule has 2 amide bonds. The molecule has 1 aliphatic heterocycles. The quantitative estimate of drug-likeness (QED) is 0.175. The molecule has 224 valence electrons. The van der Waals surface area contributed by atoms with E-state index in [-0.39, 0.29) is 49.7 Å². The highest BCUT2D eigenvalue weighted by Gasteiger charge is 2.35. The number of aromatic amines is 1. The van der Waals surface area contributed by atoms with Gasteiger partial charge in [0.15, 0.2) is 0 Å². The van der Waals surface area contributed by atoms with E-state index in [1.165, 1.54) is 6.20 Å². The van der Waals surface area contributed by atoms with Gasteiger partial charge < -0.3 is 25.6 Å². The summed E-state index contributed by atoms with van der Waals surface area (Å²) in [7, 11) is 0. The fourth-order valence-electron chi connectivity index (χ4n) is 4.70. The summed E-state index contributed by atoms with van der Waals surface area (Å²) in [4.78, 5) is 59.9. The first-order valence-corrected chi connectivity index (χ1v) is 13.9. The molecule has 3 atom stereocenters. The molecule has 13 heteroatoms. The van der Waals surface area contributed by atoms with Crippen LogP contribution in [0.3, 0.4) is 0 Å². The van der Waals surface area contributed by atoms with Crippen molar-refractivity contribution in [2.75, 3.05) is 19.7 Å². The lowest BCUT2D eigenvalue weighted by atomic mass is 10.1. The Morgan fingerprint density at radius 2 is 1.74 bits per heavy atom. The van der Waals surface area contributed by atoms with Crippen molar-refractivity contribution >= 4 is 11.8 Å². The summed E-state index contributed by atoms with van der Waals surface area (Å²) in [6.07, 6.45) is 4.08. The molecule has 3 aromatic rings. The fraction of sp³-hybridized carbons (Fsp3) is 0.448. The molecule has 1 aliphatic rings. The summed E-state index contributed by atoms with van der Waals surface area (Å²) in [5.74, 6) is -0.429. The van der Waals surface area contributed by atoms with E-state index in [0.29, 0.717) is 19.3 Å². The highest BCUT2D eigenvalue weighted by Crippen LogP contribution is 2.27. The van der Waals surface area contributed by atoms with Crippen LogP contribution < -0.4 is 21.9 Å². The van der Waals surface area contributed by atoms with E-state index in [0.717, 1.165) is 27.1 Å². The van der Waals surface area contributed by atoms with Gasteiger partial charge in [0.25, 0.3) is 5.56 Å². The maximum atomic E-state index is 12.3. The van der Waals surface area contributed by atoms with Crippen molar-refractivity contribution in [1.82, 2.24) is 30.2 Å². The van der Waals surface area contributed by atoms with Gasteiger partial charge in [0, 0.05) is 56.5 Å². The van der Waals surface area contributed by atoms with Crippen LogP contribution in [0.5, 0.6) is 0 Å². The molecule has 1 saturated heterocycles. The molecule has 13 nitrogen and oxygen atoms in total. The highest BCUT2D eigenvalue weighted by atomic mass is 16.5. The van der Waals surface area contributed by atoms with Crippen LogP contribution in [0.15, 0.2) is 52.4 Å². The van der Waals surface area contributed by atoms with E-state index < -0.39 is 36.3 Å². The number of carbonyl (C=O) groups excluding carboxylic acids is 2. The van der Waals surface area contributed by atoms with Crippen molar-refractivity contribution in [1.29, 1.82) is 0 Å². The summed E-state index contributed by atoms with van der Waals surface area (Å²) in [6.45, 7) is 2.10. The highest BCUT2D eigenvalue weighted by molar-refractivity contribution is 5.77. The van der Waals surface area contributed by atoms with Crippen molar-refractivity contribution < 1.29 is 24.5 Å². The second-order valence-electron chi connectivity index (χ2n) is 10.3. The molecule has 0 spiro atoms. The molecule has 0 bridgehead atoms. The number of aromatic nitrogens is 4. The zero-order chi connectivity index (χ0) is 30.1. The van der Waals surface area contributed by atoms with Crippen LogP contribution in [0.25, 0.3) is 11.4 Å². The van der Waals surface area contributed by atoms with Crippen LogP contribution in [-0.4, -0.2) is 73.5 Å². The summed E-state index contributed by atoms with van der Waals surface area (Å²) in [5.41, 5.74) is 2.67. The Balaban J connectivity index is 1.15. The Morgan fingerprint density at radius 1 is 1.05 bits per heavy atom. The van der Waals surface area contributed by atoms with Crippen LogP contribution >= 0.6 is 0 Å². The number of aryl methyl sites for hydroxylation is 3. The standard InChI is InChI=1S/C29H36N6O7/c1-18-7-9-30-21(13-18)22-14-19(8-10-31-22)3-2-4-25(38)32-11-12-33-26(39)6-5-20-16-35(29(41)34-28(20)40)27-15-23(37)24(17-36)42-27/h7-10,13-14,16,23-24,27,36-37H,2-6,11-12,15,17H2,1H3,(H,32,38)(H,33,39)(H,34,40,41)/t23-,24+,27+/m0/s1. The minimum atomic E-state index is -0.940. The second-order valence-corrected chi connectivity index (χ2v) is 10.3. The third-order valence-corrected chi connectivity index (χ3v) is 7.00. The minimum Gasteiger partial charge on any atom is -0.394 e. The van der Waals surface area contributed by atoms with Crippen LogP contribution in [0.4, 0.5) is 0 Å². The van der Waals surface area contributed by atoms with E-state index in [1.807, 2.05) is 31.2 Å². The number of nitrogens with zero attached hydrogens (tertiary/aromatic N) is 3. The van der Waals surface area contributed by atoms with Crippen LogP contribution in [0.2, 0.25) is 0 Å². The number of aliphatic hydroxyl groups excluding tert-OH is 2. The number of amides is 2. The topological polar surface area (TPSA) is 189 Å². The lowest BCUT2D eigenvalue weighted by molar-refractivity contribution is -0.122. The third kappa shape index (κ3) is 8.41. The summed E-state index contributed by atoms with van der Waals surface area (Å²) >= 11 is 0. The number of H-pyrrole nitrogens is 1. The molecule has 0 radical (unpaired) electrons. The maximum absolute atomic E-state index is 12.3. The molecule has 3 aromatic heterocycles. The molecule has 0 aromatic carbocycles. The maximum Gasteiger partial charge on any atom is 0.330 e. The Morgan fingerprint density at radius 3 is 2.43 bits per heavy atom. The molecule has 4 heterocycles. The van der Waals surface area contributed by atoms with E-state index >= 15 is 0 Å². The average molecular weight is 581 g/mol. The SMILES string of the molecule is Cc1ccnc(-c2cc(CCCC(=O)NCCNC(=O)CCc3cn([C@H]4C[C@H](O)[C@@H](CO)O4)c(=O)[nH]c3=O)ccn2)c1. The molecule has 0 aliphatic carbocycles. The Bertz CT molecular complexity index is 1500. The number of carbonyl (C=O) groups is 2. The van der Waals surface area contributed by atoms with Crippen molar-refractivity contribution in [3.63, 3.8) is 0 Å². The predicted octanol–water partition coefficient (Wildman–Crippen LogP) is 0.131. The Labute approximate surface area is 242 Å². The van der Waals surface area contributed by atoms with Gasteiger partial charge in [-0.05, 0) is 61.6 Å². The lowest BCUT2D eigenvalue weighted by Crippen LogP contribution is -2.36. The molecule has 0 unspecified atom stereocenters. The molecule has 5 N–H and O–H groups in total. The molecule has 1 fully saturated rings. The number of rotatable bonds is 13. The minimum absolute atomic E-state index is 0.00532. The number of nitrogens with one attached hydrogen (secondary N) is 3. The van der Waals surface area contributed by atoms with Gasteiger partial charge in [-0.2, -0.15) is 0 Å². The number of hydrogen-bond acceptors (Lipinski definition) is 9. The zero-order valence-electron chi connectivity index (χ0n) is 23.4. The fourth-order valence-corrected chi connectivity index (χ4v) is 4.70. The van der Waals surface area contributed by atoms with E-state index in [4.69, 9.17) is 4.74 Å². The first-order valence-electron chi connectivity index (χ1n) is 13.9. The van der Waals surface area contributed by atoms with E-state index in [1.54, 1.807) is 12.4 Å². The second kappa shape index (κ2) is 14.6. The normalized spacial score (nSPS) is 18.1. The summed E-state index contributed by atoms with van der Waals surface area (Å²) in [5, 5.41) is 24.7. The summed E-state index contributed by atoms with van der Waals surface area (Å²) in [6, 6.07) is 7.82. The largest absolute Gasteiger partial charge is 0.394 e. The molecular weight excluding hydrogens is 544 g/mol. The van der Waals surface area contributed by atoms with Gasteiger partial charge in [0.05, 0.1) is 24.1 Å².